The summed E-state index contributed by atoms with van der Waals surface area (Å²) in [6, 6.07) is 15.8. The van der Waals surface area contributed by atoms with Crippen LogP contribution in [0.1, 0.15) is 5.56 Å². The zero-order chi connectivity index (χ0) is 13.9. The van der Waals surface area contributed by atoms with Crippen molar-refractivity contribution in [2.45, 2.75) is 6.54 Å². The summed E-state index contributed by atoms with van der Waals surface area (Å²) < 4.78 is 1.78. The summed E-state index contributed by atoms with van der Waals surface area (Å²) in [6.45, 7) is 0.427. The average molecular weight is 284 g/mol. The number of para-hydroxylation sites is 1. The lowest BCUT2D eigenvalue weighted by molar-refractivity contribution is 0.859. The van der Waals surface area contributed by atoms with Crippen LogP contribution >= 0.6 is 11.6 Å². The molecule has 3 nitrogen and oxygen atoms in total. The normalized spacial score (nSPS) is 10.7. The third-order valence-corrected chi connectivity index (χ3v) is 3.51. The Morgan fingerprint density at radius 2 is 1.80 bits per heavy atom. The summed E-state index contributed by atoms with van der Waals surface area (Å²) >= 11 is 6.28. The molecule has 0 radical (unpaired) electrons. The van der Waals surface area contributed by atoms with E-state index in [9.17, 15) is 0 Å². The van der Waals surface area contributed by atoms with Crippen LogP contribution in [0.25, 0.3) is 16.8 Å². The number of hydrogen-bond acceptors (Lipinski definition) is 2. The van der Waals surface area contributed by atoms with Crippen molar-refractivity contribution in [3.8, 4) is 16.8 Å². The van der Waals surface area contributed by atoms with Crippen LogP contribution in [-0.2, 0) is 6.54 Å². The maximum atomic E-state index is 6.28. The van der Waals surface area contributed by atoms with Crippen molar-refractivity contribution < 1.29 is 0 Å². The largest absolute Gasteiger partial charge is 0.326 e. The first kappa shape index (κ1) is 12.9. The van der Waals surface area contributed by atoms with Gasteiger partial charge in [-0.2, -0.15) is 5.10 Å². The number of aromatic nitrogens is 2. The van der Waals surface area contributed by atoms with Gasteiger partial charge in [-0.15, -0.1) is 0 Å². The monoisotopic (exact) mass is 283 g/mol. The van der Waals surface area contributed by atoms with Gasteiger partial charge in [0.2, 0.25) is 0 Å². The fourth-order valence-corrected chi connectivity index (χ4v) is 2.49. The van der Waals surface area contributed by atoms with Crippen LogP contribution in [0.4, 0.5) is 0 Å². The Balaban J connectivity index is 2.07. The van der Waals surface area contributed by atoms with Gasteiger partial charge in [0.1, 0.15) is 0 Å². The number of halogens is 1. The second-order valence-corrected chi connectivity index (χ2v) is 4.90. The molecule has 0 unspecified atom stereocenters. The standard InChI is InChI=1S/C16H14ClN3/c17-15-8-4-7-13(9-18)16(15)20-11-14(10-19-20)12-5-2-1-3-6-12/h1-8,10-11H,9,18H2. The fourth-order valence-electron chi connectivity index (χ4n) is 2.21. The zero-order valence-corrected chi connectivity index (χ0v) is 11.6. The Kier molecular flexibility index (Phi) is 3.54. The molecule has 0 aliphatic heterocycles. The summed E-state index contributed by atoms with van der Waals surface area (Å²) in [5, 5.41) is 5.06. The maximum absolute atomic E-state index is 6.28. The first-order valence-corrected chi connectivity index (χ1v) is 6.75. The quantitative estimate of drug-likeness (QED) is 0.797. The highest BCUT2D eigenvalue weighted by atomic mass is 35.5. The fraction of sp³-hybridized carbons (Fsp3) is 0.0625. The van der Waals surface area contributed by atoms with Gasteiger partial charge >= 0.3 is 0 Å². The first-order valence-electron chi connectivity index (χ1n) is 6.37. The maximum Gasteiger partial charge on any atom is 0.0876 e. The summed E-state index contributed by atoms with van der Waals surface area (Å²) in [7, 11) is 0. The molecule has 0 saturated heterocycles. The van der Waals surface area contributed by atoms with Gasteiger partial charge in [0.15, 0.2) is 0 Å². The van der Waals surface area contributed by atoms with Crippen LogP contribution in [0, 0.1) is 0 Å². The lowest BCUT2D eigenvalue weighted by atomic mass is 10.1. The molecule has 0 fully saturated rings. The van der Waals surface area contributed by atoms with E-state index in [1.54, 1.807) is 4.68 Å². The molecule has 0 bridgehead atoms. The van der Waals surface area contributed by atoms with Crippen LogP contribution in [0.3, 0.4) is 0 Å². The van der Waals surface area contributed by atoms with Gasteiger partial charge in [-0.1, -0.05) is 54.1 Å². The number of nitrogens with two attached hydrogens (primary N) is 1. The van der Waals surface area contributed by atoms with Crippen molar-refractivity contribution in [2.75, 3.05) is 0 Å². The molecule has 100 valence electrons. The highest BCUT2D eigenvalue weighted by Crippen LogP contribution is 2.26. The van der Waals surface area contributed by atoms with Crippen molar-refractivity contribution in [3.05, 3.63) is 71.5 Å². The molecule has 0 aliphatic carbocycles. The molecule has 1 heterocycles. The van der Waals surface area contributed by atoms with E-state index in [-0.39, 0.29) is 0 Å². The molecule has 0 saturated carbocycles. The highest BCUT2D eigenvalue weighted by molar-refractivity contribution is 6.32. The molecule has 3 aromatic rings. The van der Waals surface area contributed by atoms with Crippen molar-refractivity contribution in [1.82, 2.24) is 9.78 Å². The topological polar surface area (TPSA) is 43.8 Å². The second-order valence-electron chi connectivity index (χ2n) is 4.49. The van der Waals surface area contributed by atoms with Crippen molar-refractivity contribution in [2.24, 2.45) is 5.73 Å². The van der Waals surface area contributed by atoms with Gasteiger partial charge < -0.3 is 5.73 Å². The van der Waals surface area contributed by atoms with Gasteiger partial charge in [0.25, 0.3) is 0 Å². The van der Waals surface area contributed by atoms with Crippen LogP contribution < -0.4 is 5.73 Å². The van der Waals surface area contributed by atoms with E-state index < -0.39 is 0 Å². The molecule has 0 aliphatic rings. The van der Waals surface area contributed by atoms with Gasteiger partial charge in [-0.25, -0.2) is 4.68 Å². The lowest BCUT2D eigenvalue weighted by Gasteiger charge is -2.09. The van der Waals surface area contributed by atoms with Gasteiger partial charge in [-0.05, 0) is 17.2 Å². The van der Waals surface area contributed by atoms with Gasteiger partial charge in [-0.3, -0.25) is 0 Å². The first-order chi connectivity index (χ1) is 9.79. The molecule has 20 heavy (non-hydrogen) atoms. The van der Waals surface area contributed by atoms with Crippen LogP contribution in [0.15, 0.2) is 60.9 Å². The van der Waals surface area contributed by atoms with Crippen molar-refractivity contribution in [3.63, 3.8) is 0 Å². The zero-order valence-electron chi connectivity index (χ0n) is 10.8. The minimum absolute atomic E-state index is 0.427. The number of nitrogens with zero attached hydrogens (tertiary/aromatic N) is 2. The van der Waals surface area contributed by atoms with Gasteiger partial charge in [0.05, 0.1) is 16.9 Å². The third-order valence-electron chi connectivity index (χ3n) is 3.21. The molecule has 2 N–H and O–H groups in total. The van der Waals surface area contributed by atoms with Crippen molar-refractivity contribution in [1.29, 1.82) is 0 Å². The predicted octanol–water partition coefficient (Wildman–Crippen LogP) is 3.65. The molecule has 1 aromatic heterocycles. The number of rotatable bonds is 3. The summed E-state index contributed by atoms with van der Waals surface area (Å²) in [6.07, 6.45) is 3.80. The van der Waals surface area contributed by atoms with Crippen LogP contribution in [0.2, 0.25) is 5.02 Å². The summed E-state index contributed by atoms with van der Waals surface area (Å²) in [5.74, 6) is 0. The molecular formula is C16H14ClN3. The highest BCUT2D eigenvalue weighted by Gasteiger charge is 2.10. The second kappa shape index (κ2) is 5.49. The van der Waals surface area contributed by atoms with E-state index in [0.717, 1.165) is 22.4 Å². The van der Waals surface area contributed by atoms with E-state index in [1.165, 1.54) is 0 Å². The molecule has 2 aromatic carbocycles. The van der Waals surface area contributed by atoms with Crippen molar-refractivity contribution >= 4 is 11.6 Å². The number of hydrogen-bond donors (Lipinski definition) is 1. The molecule has 0 amide bonds. The third kappa shape index (κ3) is 2.33. The lowest BCUT2D eigenvalue weighted by Crippen LogP contribution is -2.05. The van der Waals surface area contributed by atoms with Gasteiger partial charge in [0, 0.05) is 18.3 Å². The van der Waals surface area contributed by atoms with Crippen LogP contribution in [0.5, 0.6) is 0 Å². The van der Waals surface area contributed by atoms with E-state index in [0.29, 0.717) is 11.6 Å². The SMILES string of the molecule is NCc1cccc(Cl)c1-n1cc(-c2ccccc2)cn1. The smallest absolute Gasteiger partial charge is 0.0876 e. The van der Waals surface area contributed by atoms with E-state index >= 15 is 0 Å². The summed E-state index contributed by atoms with van der Waals surface area (Å²) in [4.78, 5) is 0. The van der Waals surface area contributed by atoms with E-state index in [4.69, 9.17) is 17.3 Å². The minimum atomic E-state index is 0.427. The minimum Gasteiger partial charge on any atom is -0.326 e. The Hall–Kier alpha value is -2.10. The van der Waals surface area contributed by atoms with Crippen LogP contribution in [-0.4, -0.2) is 9.78 Å². The molecule has 0 spiro atoms. The molecule has 3 rings (SSSR count). The average Bonchev–Trinajstić information content (AvgIpc) is 2.97. The Morgan fingerprint density at radius 1 is 1.00 bits per heavy atom. The Morgan fingerprint density at radius 3 is 2.55 bits per heavy atom. The Labute approximate surface area is 122 Å². The Bertz CT molecular complexity index is 720. The molecular weight excluding hydrogens is 270 g/mol. The number of benzene rings is 2. The molecule has 4 heteroatoms. The predicted molar refractivity (Wildman–Crippen MR) is 81.9 cm³/mol. The summed E-state index contributed by atoms with van der Waals surface area (Å²) in [5.41, 5.74) is 9.77. The van der Waals surface area contributed by atoms with E-state index in [1.807, 2.05) is 48.8 Å². The molecule has 0 atom stereocenters. The van der Waals surface area contributed by atoms with E-state index in [2.05, 4.69) is 17.2 Å².